The zero-order chi connectivity index (χ0) is 17.3. The first kappa shape index (κ1) is 16.1. The topological polar surface area (TPSA) is 102 Å². The van der Waals surface area contributed by atoms with Crippen LogP contribution in [0.4, 0.5) is 5.69 Å². The largest absolute Gasteiger partial charge is 0.486 e. The van der Waals surface area contributed by atoms with E-state index in [9.17, 15) is 13.2 Å². The lowest BCUT2D eigenvalue weighted by Gasteiger charge is -2.20. The summed E-state index contributed by atoms with van der Waals surface area (Å²) in [6.07, 6.45) is 0. The van der Waals surface area contributed by atoms with E-state index in [1.54, 1.807) is 19.1 Å². The third kappa shape index (κ3) is 3.13. The number of benzene rings is 2. The van der Waals surface area contributed by atoms with Gasteiger partial charge >= 0.3 is 5.97 Å². The number of nitrogens with one attached hydrogen (secondary N) is 1. The van der Waals surface area contributed by atoms with E-state index in [-0.39, 0.29) is 10.5 Å². The van der Waals surface area contributed by atoms with Gasteiger partial charge in [-0.25, -0.2) is 13.2 Å². The Hall–Kier alpha value is -2.74. The van der Waals surface area contributed by atoms with Crippen LogP contribution in [0.2, 0.25) is 0 Å². The van der Waals surface area contributed by atoms with Gasteiger partial charge in [0, 0.05) is 6.07 Å². The third-order valence-electron chi connectivity index (χ3n) is 3.55. The van der Waals surface area contributed by atoms with Crippen molar-refractivity contribution >= 4 is 21.7 Å². The molecule has 0 saturated heterocycles. The fraction of sp³-hybridized carbons (Fsp3) is 0.188. The van der Waals surface area contributed by atoms with Crippen LogP contribution in [0.1, 0.15) is 15.9 Å². The van der Waals surface area contributed by atoms with Crippen LogP contribution in [0, 0.1) is 6.92 Å². The highest BCUT2D eigenvalue weighted by Gasteiger charge is 2.19. The molecule has 0 aliphatic carbocycles. The second-order valence-corrected chi connectivity index (χ2v) is 6.93. The van der Waals surface area contributed by atoms with Crippen molar-refractivity contribution in [1.29, 1.82) is 0 Å². The lowest BCUT2D eigenvalue weighted by molar-refractivity contribution is 0.0696. The first-order valence-corrected chi connectivity index (χ1v) is 8.61. The molecule has 0 bridgehead atoms. The summed E-state index contributed by atoms with van der Waals surface area (Å²) in [6, 6.07) is 8.27. The SMILES string of the molecule is Cc1cc2c(cc1NS(=O)(=O)c1ccc(C(=O)O)cc1)OCCO2. The second-order valence-electron chi connectivity index (χ2n) is 5.25. The van der Waals surface area contributed by atoms with Gasteiger partial charge in [0.1, 0.15) is 13.2 Å². The van der Waals surface area contributed by atoms with Crippen LogP contribution < -0.4 is 14.2 Å². The van der Waals surface area contributed by atoms with Crippen molar-refractivity contribution in [2.24, 2.45) is 0 Å². The first-order valence-electron chi connectivity index (χ1n) is 7.13. The minimum atomic E-state index is -3.84. The highest BCUT2D eigenvalue weighted by molar-refractivity contribution is 7.92. The van der Waals surface area contributed by atoms with Gasteiger partial charge in [0.15, 0.2) is 11.5 Å². The number of aromatic carboxylic acids is 1. The van der Waals surface area contributed by atoms with Crippen molar-refractivity contribution in [2.75, 3.05) is 17.9 Å². The Bertz CT molecular complexity index is 890. The third-order valence-corrected chi connectivity index (χ3v) is 4.93. The van der Waals surface area contributed by atoms with Gasteiger partial charge in [-0.2, -0.15) is 0 Å². The van der Waals surface area contributed by atoms with E-state index in [0.29, 0.717) is 36.0 Å². The Morgan fingerprint density at radius 3 is 2.25 bits per heavy atom. The van der Waals surface area contributed by atoms with Gasteiger partial charge in [-0.1, -0.05) is 0 Å². The Labute approximate surface area is 138 Å². The highest BCUT2D eigenvalue weighted by atomic mass is 32.2. The van der Waals surface area contributed by atoms with Crippen molar-refractivity contribution in [3.8, 4) is 11.5 Å². The molecule has 0 radical (unpaired) electrons. The summed E-state index contributed by atoms with van der Waals surface area (Å²) in [5, 5.41) is 8.87. The van der Waals surface area contributed by atoms with E-state index in [0.717, 1.165) is 0 Å². The van der Waals surface area contributed by atoms with Gasteiger partial charge in [0.2, 0.25) is 0 Å². The van der Waals surface area contributed by atoms with Crippen molar-refractivity contribution in [3.05, 3.63) is 47.5 Å². The Balaban J connectivity index is 1.90. The molecule has 3 rings (SSSR count). The molecule has 0 aromatic heterocycles. The first-order chi connectivity index (χ1) is 11.4. The number of anilines is 1. The smallest absolute Gasteiger partial charge is 0.335 e. The number of carboxylic acid groups (broad SMARTS) is 1. The van der Waals surface area contributed by atoms with E-state index >= 15 is 0 Å². The molecule has 0 amide bonds. The van der Waals surface area contributed by atoms with Crippen molar-refractivity contribution in [1.82, 2.24) is 0 Å². The summed E-state index contributed by atoms with van der Waals surface area (Å²) in [6.45, 7) is 2.61. The molecule has 126 valence electrons. The van der Waals surface area contributed by atoms with E-state index in [1.807, 2.05) is 0 Å². The number of carbonyl (C=O) groups is 1. The maximum atomic E-state index is 12.5. The maximum absolute atomic E-state index is 12.5. The molecule has 0 fully saturated rings. The van der Waals surface area contributed by atoms with Crippen molar-refractivity contribution < 1.29 is 27.8 Å². The molecule has 7 nitrogen and oxygen atoms in total. The number of ether oxygens (including phenoxy) is 2. The number of fused-ring (bicyclic) bond motifs is 1. The second kappa shape index (κ2) is 6.04. The van der Waals surface area contributed by atoms with E-state index in [4.69, 9.17) is 14.6 Å². The number of rotatable bonds is 4. The lowest BCUT2D eigenvalue weighted by atomic mass is 10.2. The molecule has 0 saturated carbocycles. The van der Waals surface area contributed by atoms with Gasteiger partial charge in [-0.15, -0.1) is 0 Å². The average molecular weight is 349 g/mol. The Kier molecular flexibility index (Phi) is 4.06. The minimum Gasteiger partial charge on any atom is -0.486 e. The fourth-order valence-corrected chi connectivity index (χ4v) is 3.40. The average Bonchev–Trinajstić information content (AvgIpc) is 2.55. The zero-order valence-electron chi connectivity index (χ0n) is 12.8. The molecule has 1 aliphatic rings. The van der Waals surface area contributed by atoms with Crippen LogP contribution in [-0.2, 0) is 10.0 Å². The number of hydrogen-bond acceptors (Lipinski definition) is 5. The summed E-state index contributed by atoms with van der Waals surface area (Å²) in [7, 11) is -3.84. The zero-order valence-corrected chi connectivity index (χ0v) is 13.6. The lowest BCUT2D eigenvalue weighted by Crippen LogP contribution is -2.17. The van der Waals surface area contributed by atoms with E-state index in [2.05, 4.69) is 4.72 Å². The normalized spacial score (nSPS) is 13.4. The van der Waals surface area contributed by atoms with Crippen LogP contribution in [0.25, 0.3) is 0 Å². The van der Waals surface area contributed by atoms with Crippen LogP contribution >= 0.6 is 0 Å². The van der Waals surface area contributed by atoms with Crippen LogP contribution in [0.15, 0.2) is 41.3 Å². The van der Waals surface area contributed by atoms with Gasteiger partial charge in [-0.3, -0.25) is 4.72 Å². The molecule has 2 aromatic carbocycles. The van der Waals surface area contributed by atoms with Crippen LogP contribution in [0.3, 0.4) is 0 Å². The van der Waals surface area contributed by atoms with Gasteiger partial charge < -0.3 is 14.6 Å². The monoisotopic (exact) mass is 349 g/mol. The molecule has 0 spiro atoms. The molecule has 0 atom stereocenters. The fourth-order valence-electron chi connectivity index (χ4n) is 2.28. The molecule has 2 N–H and O–H groups in total. The molecule has 8 heteroatoms. The van der Waals surface area contributed by atoms with Crippen molar-refractivity contribution in [3.63, 3.8) is 0 Å². The van der Waals surface area contributed by atoms with Gasteiger partial charge in [0.25, 0.3) is 10.0 Å². The van der Waals surface area contributed by atoms with E-state index in [1.165, 1.54) is 24.3 Å². The maximum Gasteiger partial charge on any atom is 0.335 e. The number of hydrogen-bond donors (Lipinski definition) is 2. The molecular formula is C16H15NO6S. The number of carboxylic acids is 1. The summed E-state index contributed by atoms with van der Waals surface area (Å²) >= 11 is 0. The predicted molar refractivity (Wildman–Crippen MR) is 86.4 cm³/mol. The molecule has 1 heterocycles. The van der Waals surface area contributed by atoms with E-state index < -0.39 is 16.0 Å². The predicted octanol–water partition coefficient (Wildman–Crippen LogP) is 2.27. The summed E-state index contributed by atoms with van der Waals surface area (Å²) in [4.78, 5) is 10.8. The molecule has 2 aromatic rings. The quantitative estimate of drug-likeness (QED) is 0.878. The van der Waals surface area contributed by atoms with Gasteiger partial charge in [0.05, 0.1) is 16.1 Å². The Morgan fingerprint density at radius 2 is 1.67 bits per heavy atom. The molecule has 24 heavy (non-hydrogen) atoms. The minimum absolute atomic E-state index is 0.0180. The number of sulfonamides is 1. The Morgan fingerprint density at radius 1 is 1.08 bits per heavy atom. The standard InChI is InChI=1S/C16H15NO6S/c1-10-8-14-15(23-7-6-22-14)9-13(10)17-24(20,21)12-4-2-11(3-5-12)16(18)19/h2-5,8-9,17H,6-7H2,1H3,(H,18,19). The molecule has 1 aliphatic heterocycles. The highest BCUT2D eigenvalue weighted by Crippen LogP contribution is 2.36. The van der Waals surface area contributed by atoms with Crippen LogP contribution in [-0.4, -0.2) is 32.7 Å². The van der Waals surface area contributed by atoms with Crippen LogP contribution in [0.5, 0.6) is 11.5 Å². The summed E-state index contributed by atoms with van der Waals surface area (Å²) in [5.41, 5.74) is 1.08. The van der Waals surface area contributed by atoms with Gasteiger partial charge in [-0.05, 0) is 42.8 Å². The number of aryl methyl sites for hydroxylation is 1. The molecular weight excluding hydrogens is 334 g/mol. The van der Waals surface area contributed by atoms with Crippen molar-refractivity contribution in [2.45, 2.75) is 11.8 Å². The molecule has 0 unspecified atom stereocenters. The summed E-state index contributed by atoms with van der Waals surface area (Å²) < 4.78 is 38.3. The summed E-state index contributed by atoms with van der Waals surface area (Å²) in [5.74, 6) is -0.0622.